The third kappa shape index (κ3) is 3.55. The molecule has 1 atom stereocenters. The zero-order valence-corrected chi connectivity index (χ0v) is 5.32. The van der Waals surface area contributed by atoms with E-state index in [9.17, 15) is 4.79 Å². The van der Waals surface area contributed by atoms with Gasteiger partial charge in [0.15, 0.2) is 0 Å². The predicted molar refractivity (Wildman–Crippen MR) is 33.9 cm³/mol. The molecule has 0 saturated carbocycles. The van der Waals surface area contributed by atoms with Gasteiger partial charge in [-0.05, 0) is 12.0 Å². The van der Waals surface area contributed by atoms with E-state index in [1.165, 1.54) is 0 Å². The van der Waals surface area contributed by atoms with Crippen LogP contribution in [-0.2, 0) is 4.79 Å². The van der Waals surface area contributed by atoms with Gasteiger partial charge < -0.3 is 4.79 Å². The summed E-state index contributed by atoms with van der Waals surface area (Å²) in [6.45, 7) is 1.93. The molecule has 0 fully saturated rings. The molecule has 9 heavy (non-hydrogen) atoms. The first-order valence-corrected chi connectivity index (χ1v) is 2.84. The lowest BCUT2D eigenvalue weighted by Gasteiger charge is -1.95. The van der Waals surface area contributed by atoms with Crippen molar-refractivity contribution in [1.29, 1.82) is 0 Å². The molecule has 0 bridgehead atoms. The third-order valence-corrected chi connectivity index (χ3v) is 0.941. The fourth-order valence-corrected chi connectivity index (χ4v) is 0.515. The maximum absolute atomic E-state index is 10.0. The van der Waals surface area contributed by atoms with Crippen molar-refractivity contribution in [2.75, 3.05) is 0 Å². The maximum Gasteiger partial charge on any atom is 0.128 e. The van der Waals surface area contributed by atoms with Crippen LogP contribution in [-0.4, -0.2) is 12.3 Å². The van der Waals surface area contributed by atoms with Gasteiger partial charge in [0.05, 0.1) is 6.04 Å². The summed E-state index contributed by atoms with van der Waals surface area (Å²) in [5.74, 6) is 0. The van der Waals surface area contributed by atoms with Crippen molar-refractivity contribution in [3.8, 4) is 0 Å². The molecular formula is C5H9N3O. The summed E-state index contributed by atoms with van der Waals surface area (Å²) in [5, 5.41) is 3.24. The fraction of sp³-hybridized carbons (Fsp3) is 0.800. The van der Waals surface area contributed by atoms with E-state index in [0.717, 1.165) is 6.42 Å². The summed E-state index contributed by atoms with van der Waals surface area (Å²) >= 11 is 0. The van der Waals surface area contributed by atoms with E-state index in [1.807, 2.05) is 6.92 Å². The van der Waals surface area contributed by atoms with Gasteiger partial charge in [-0.2, -0.15) is 0 Å². The monoisotopic (exact) mass is 127 g/mol. The van der Waals surface area contributed by atoms with Crippen LogP contribution in [0.15, 0.2) is 5.11 Å². The maximum atomic E-state index is 10.0. The van der Waals surface area contributed by atoms with Crippen LogP contribution in [0.25, 0.3) is 10.4 Å². The Balaban J connectivity index is 3.67. The van der Waals surface area contributed by atoms with Crippen molar-refractivity contribution in [1.82, 2.24) is 0 Å². The highest BCUT2D eigenvalue weighted by Crippen LogP contribution is 1.97. The second-order valence-corrected chi connectivity index (χ2v) is 1.70. The molecule has 4 nitrogen and oxygen atoms in total. The molecule has 1 unspecified atom stereocenters. The molecule has 0 aromatic carbocycles. The molecule has 0 aliphatic heterocycles. The van der Waals surface area contributed by atoms with Gasteiger partial charge in [-0.15, -0.1) is 0 Å². The Hall–Kier alpha value is -1.02. The average molecular weight is 127 g/mol. The molecule has 50 valence electrons. The summed E-state index contributed by atoms with van der Waals surface area (Å²) in [7, 11) is 0. The van der Waals surface area contributed by atoms with Crippen LogP contribution in [0.1, 0.15) is 19.8 Å². The molecule has 0 saturated heterocycles. The van der Waals surface area contributed by atoms with Crippen LogP contribution < -0.4 is 0 Å². The van der Waals surface area contributed by atoms with Gasteiger partial charge in [0, 0.05) is 4.91 Å². The minimum Gasteiger partial charge on any atom is -0.303 e. The van der Waals surface area contributed by atoms with E-state index in [-0.39, 0.29) is 0 Å². The van der Waals surface area contributed by atoms with Gasteiger partial charge >= 0.3 is 0 Å². The Bertz CT molecular complexity index is 128. The zero-order valence-electron chi connectivity index (χ0n) is 5.32. The smallest absolute Gasteiger partial charge is 0.128 e. The largest absolute Gasteiger partial charge is 0.303 e. The molecule has 0 aliphatic rings. The molecule has 0 aromatic rings. The SMILES string of the molecule is CCCC(C=O)N=[N+]=[N-]. The summed E-state index contributed by atoms with van der Waals surface area (Å²) in [6.07, 6.45) is 2.18. The van der Waals surface area contributed by atoms with Gasteiger partial charge in [0.25, 0.3) is 0 Å². The molecule has 0 heterocycles. The lowest BCUT2D eigenvalue weighted by molar-refractivity contribution is -0.109. The molecule has 0 rings (SSSR count). The molecule has 0 N–H and O–H groups in total. The predicted octanol–water partition coefficient (Wildman–Crippen LogP) is 1.66. The molecule has 4 heteroatoms. The Morgan fingerprint density at radius 1 is 1.89 bits per heavy atom. The van der Waals surface area contributed by atoms with Gasteiger partial charge in [0.2, 0.25) is 0 Å². The molecule has 0 aliphatic carbocycles. The van der Waals surface area contributed by atoms with Crippen molar-refractivity contribution in [2.45, 2.75) is 25.8 Å². The van der Waals surface area contributed by atoms with Gasteiger partial charge in [-0.25, -0.2) is 0 Å². The van der Waals surface area contributed by atoms with E-state index in [4.69, 9.17) is 5.53 Å². The fourth-order valence-electron chi connectivity index (χ4n) is 0.515. The van der Waals surface area contributed by atoms with Crippen molar-refractivity contribution in [3.05, 3.63) is 10.4 Å². The van der Waals surface area contributed by atoms with Gasteiger partial charge in [0.1, 0.15) is 6.29 Å². The molecule has 0 aromatic heterocycles. The number of carbonyl (C=O) groups excluding carboxylic acids is 1. The minimum atomic E-state index is -0.458. The molecular weight excluding hydrogens is 118 g/mol. The number of aldehydes is 1. The normalized spacial score (nSPS) is 11.7. The Kier molecular flexibility index (Phi) is 4.54. The number of azide groups is 1. The quantitative estimate of drug-likeness (QED) is 0.245. The topological polar surface area (TPSA) is 65.8 Å². The van der Waals surface area contributed by atoms with Crippen LogP contribution in [0.5, 0.6) is 0 Å². The van der Waals surface area contributed by atoms with E-state index < -0.39 is 6.04 Å². The Labute approximate surface area is 53.5 Å². The highest BCUT2D eigenvalue weighted by Gasteiger charge is 1.99. The first-order valence-electron chi connectivity index (χ1n) is 2.84. The third-order valence-electron chi connectivity index (χ3n) is 0.941. The first-order chi connectivity index (χ1) is 4.35. The minimum absolute atomic E-state index is 0.458. The Morgan fingerprint density at radius 2 is 2.56 bits per heavy atom. The van der Waals surface area contributed by atoms with Crippen LogP contribution >= 0.6 is 0 Å². The number of hydrogen-bond donors (Lipinski definition) is 0. The van der Waals surface area contributed by atoms with Crippen molar-refractivity contribution >= 4 is 6.29 Å². The second-order valence-electron chi connectivity index (χ2n) is 1.70. The number of carbonyl (C=O) groups is 1. The van der Waals surface area contributed by atoms with Crippen molar-refractivity contribution in [3.63, 3.8) is 0 Å². The molecule has 0 amide bonds. The van der Waals surface area contributed by atoms with E-state index in [0.29, 0.717) is 12.7 Å². The Morgan fingerprint density at radius 3 is 2.89 bits per heavy atom. The summed E-state index contributed by atoms with van der Waals surface area (Å²) in [6, 6.07) is -0.458. The lowest BCUT2D eigenvalue weighted by Crippen LogP contribution is -2.02. The summed E-state index contributed by atoms with van der Waals surface area (Å²) in [5.41, 5.74) is 7.89. The standard InChI is InChI=1S/C5H9N3O/c1-2-3-5(4-9)7-8-6/h4-5H,2-3H2,1H3. The zero-order chi connectivity index (χ0) is 7.11. The van der Waals surface area contributed by atoms with Gasteiger partial charge in [-0.3, -0.25) is 0 Å². The van der Waals surface area contributed by atoms with Crippen molar-refractivity contribution < 1.29 is 4.79 Å². The summed E-state index contributed by atoms with van der Waals surface area (Å²) in [4.78, 5) is 12.5. The number of nitrogens with zero attached hydrogens (tertiary/aromatic N) is 3. The number of hydrogen-bond acceptors (Lipinski definition) is 2. The number of rotatable bonds is 4. The van der Waals surface area contributed by atoms with Crippen LogP contribution in [0.3, 0.4) is 0 Å². The average Bonchev–Trinajstić information content (AvgIpc) is 1.88. The van der Waals surface area contributed by atoms with Crippen molar-refractivity contribution in [2.24, 2.45) is 5.11 Å². The first kappa shape index (κ1) is 7.98. The molecule has 0 spiro atoms. The van der Waals surface area contributed by atoms with Crippen LogP contribution in [0.4, 0.5) is 0 Å². The molecule has 0 radical (unpaired) electrons. The summed E-state index contributed by atoms with van der Waals surface area (Å²) < 4.78 is 0. The second kappa shape index (κ2) is 5.12. The van der Waals surface area contributed by atoms with E-state index in [2.05, 4.69) is 10.0 Å². The van der Waals surface area contributed by atoms with Crippen LogP contribution in [0, 0.1) is 0 Å². The van der Waals surface area contributed by atoms with E-state index >= 15 is 0 Å². The highest BCUT2D eigenvalue weighted by molar-refractivity contribution is 5.57. The van der Waals surface area contributed by atoms with Crippen LogP contribution in [0.2, 0.25) is 0 Å². The van der Waals surface area contributed by atoms with E-state index in [1.54, 1.807) is 0 Å². The lowest BCUT2D eigenvalue weighted by atomic mass is 10.2. The highest BCUT2D eigenvalue weighted by atomic mass is 16.1. The van der Waals surface area contributed by atoms with Gasteiger partial charge in [-0.1, -0.05) is 18.5 Å².